The molecule has 1 saturated carbocycles. The number of aryl methyl sites for hydroxylation is 1. The van der Waals surface area contributed by atoms with Gasteiger partial charge in [0.2, 0.25) is 0 Å². The van der Waals surface area contributed by atoms with Crippen molar-refractivity contribution in [2.24, 2.45) is 0 Å². The number of rotatable bonds is 3. The number of hydrogen-bond acceptors (Lipinski definition) is 3. The molecular weight excluding hydrogens is 206 g/mol. The van der Waals surface area contributed by atoms with E-state index in [-0.39, 0.29) is 0 Å². The third-order valence-corrected chi connectivity index (χ3v) is 3.66. The standard InChI is InChI=1S/C11H13N3S/c1-7-4-5-15-11(7)9-6-10(14-13-9)12-8-2-3-8/h4-6,8H,2-3H2,1H3,(H2,12,13,14). The molecular formula is C11H13N3S. The summed E-state index contributed by atoms with van der Waals surface area (Å²) in [6.45, 7) is 2.13. The van der Waals surface area contributed by atoms with Crippen LogP contribution in [0.4, 0.5) is 5.82 Å². The molecule has 1 aliphatic carbocycles. The predicted octanol–water partition coefficient (Wildman–Crippen LogP) is 3.02. The minimum absolute atomic E-state index is 0.658. The van der Waals surface area contributed by atoms with Crippen molar-refractivity contribution in [1.82, 2.24) is 10.2 Å². The molecule has 3 rings (SSSR count). The van der Waals surface area contributed by atoms with Crippen LogP contribution in [0.3, 0.4) is 0 Å². The molecule has 0 aliphatic heterocycles. The number of H-pyrrole nitrogens is 1. The van der Waals surface area contributed by atoms with Crippen molar-refractivity contribution < 1.29 is 0 Å². The van der Waals surface area contributed by atoms with Crippen LogP contribution in [0.5, 0.6) is 0 Å². The topological polar surface area (TPSA) is 40.7 Å². The Morgan fingerprint density at radius 1 is 1.53 bits per heavy atom. The second kappa shape index (κ2) is 3.38. The highest BCUT2D eigenvalue weighted by Crippen LogP contribution is 2.30. The van der Waals surface area contributed by atoms with E-state index in [9.17, 15) is 0 Å². The molecule has 4 heteroatoms. The van der Waals surface area contributed by atoms with E-state index in [2.05, 4.69) is 40.0 Å². The SMILES string of the molecule is Cc1ccsc1-c1cc(NC2CC2)n[nH]1. The van der Waals surface area contributed by atoms with E-state index < -0.39 is 0 Å². The van der Waals surface area contributed by atoms with Gasteiger partial charge in [0.05, 0.1) is 10.6 Å². The summed E-state index contributed by atoms with van der Waals surface area (Å²) in [7, 11) is 0. The first-order chi connectivity index (χ1) is 7.33. The third-order valence-electron chi connectivity index (χ3n) is 2.61. The second-order valence-corrected chi connectivity index (χ2v) is 4.93. The molecule has 0 atom stereocenters. The van der Waals surface area contributed by atoms with E-state index in [0.717, 1.165) is 11.5 Å². The Morgan fingerprint density at radius 3 is 3.07 bits per heavy atom. The summed E-state index contributed by atoms with van der Waals surface area (Å²) >= 11 is 1.75. The van der Waals surface area contributed by atoms with Gasteiger partial charge in [0.15, 0.2) is 0 Å². The highest BCUT2D eigenvalue weighted by molar-refractivity contribution is 7.13. The van der Waals surface area contributed by atoms with Crippen molar-refractivity contribution in [3.63, 3.8) is 0 Å². The fraction of sp³-hybridized carbons (Fsp3) is 0.364. The minimum atomic E-state index is 0.658. The number of anilines is 1. The van der Waals surface area contributed by atoms with Crippen LogP contribution in [0.25, 0.3) is 10.6 Å². The lowest BCUT2D eigenvalue weighted by Gasteiger charge is -1.95. The molecule has 1 aliphatic rings. The summed E-state index contributed by atoms with van der Waals surface area (Å²) < 4.78 is 0. The fourth-order valence-electron chi connectivity index (χ4n) is 1.60. The molecule has 1 fully saturated rings. The number of hydrogen-bond donors (Lipinski definition) is 2. The largest absolute Gasteiger partial charge is 0.366 e. The zero-order valence-corrected chi connectivity index (χ0v) is 9.40. The molecule has 2 heterocycles. The molecule has 0 amide bonds. The Hall–Kier alpha value is -1.29. The van der Waals surface area contributed by atoms with Gasteiger partial charge in [0.1, 0.15) is 5.82 Å². The zero-order valence-electron chi connectivity index (χ0n) is 8.58. The Bertz CT molecular complexity index is 468. The number of aromatic amines is 1. The van der Waals surface area contributed by atoms with Gasteiger partial charge in [-0.3, -0.25) is 5.10 Å². The van der Waals surface area contributed by atoms with E-state index in [0.29, 0.717) is 6.04 Å². The van der Waals surface area contributed by atoms with Crippen LogP contribution in [0.1, 0.15) is 18.4 Å². The Kier molecular flexibility index (Phi) is 2.02. The van der Waals surface area contributed by atoms with Crippen LogP contribution >= 0.6 is 11.3 Å². The van der Waals surface area contributed by atoms with Gasteiger partial charge in [-0.1, -0.05) is 0 Å². The molecule has 0 unspecified atom stereocenters. The average molecular weight is 219 g/mol. The molecule has 0 aromatic carbocycles. The lowest BCUT2D eigenvalue weighted by atomic mass is 10.2. The maximum atomic E-state index is 4.26. The van der Waals surface area contributed by atoms with Crippen molar-refractivity contribution in [3.8, 4) is 10.6 Å². The molecule has 0 bridgehead atoms. The van der Waals surface area contributed by atoms with Crippen molar-refractivity contribution in [2.75, 3.05) is 5.32 Å². The molecule has 0 saturated heterocycles. The first-order valence-electron chi connectivity index (χ1n) is 5.19. The van der Waals surface area contributed by atoms with Gasteiger partial charge in [-0.25, -0.2) is 0 Å². The summed E-state index contributed by atoms with van der Waals surface area (Å²) in [6, 6.07) is 4.89. The van der Waals surface area contributed by atoms with E-state index in [4.69, 9.17) is 0 Å². The molecule has 2 aromatic heterocycles. The van der Waals surface area contributed by atoms with Crippen LogP contribution in [-0.4, -0.2) is 16.2 Å². The van der Waals surface area contributed by atoms with Gasteiger partial charge in [0.25, 0.3) is 0 Å². The minimum Gasteiger partial charge on any atom is -0.366 e. The van der Waals surface area contributed by atoms with Crippen LogP contribution in [0.15, 0.2) is 17.5 Å². The molecule has 15 heavy (non-hydrogen) atoms. The Labute approximate surface area is 92.5 Å². The predicted molar refractivity (Wildman–Crippen MR) is 63.3 cm³/mol. The van der Waals surface area contributed by atoms with Gasteiger partial charge >= 0.3 is 0 Å². The highest BCUT2D eigenvalue weighted by Gasteiger charge is 2.21. The first kappa shape index (κ1) is 8.97. The smallest absolute Gasteiger partial charge is 0.148 e. The molecule has 0 spiro atoms. The lowest BCUT2D eigenvalue weighted by molar-refractivity contribution is 1.05. The van der Waals surface area contributed by atoms with Crippen molar-refractivity contribution in [1.29, 1.82) is 0 Å². The maximum Gasteiger partial charge on any atom is 0.148 e. The summed E-state index contributed by atoms with van der Waals surface area (Å²) in [4.78, 5) is 1.28. The number of nitrogens with zero attached hydrogens (tertiary/aromatic N) is 1. The van der Waals surface area contributed by atoms with E-state index in [1.54, 1.807) is 11.3 Å². The van der Waals surface area contributed by atoms with E-state index in [1.165, 1.54) is 23.3 Å². The summed E-state index contributed by atoms with van der Waals surface area (Å²) in [5.74, 6) is 0.973. The zero-order chi connectivity index (χ0) is 10.3. The van der Waals surface area contributed by atoms with Crippen molar-refractivity contribution in [3.05, 3.63) is 23.1 Å². The quantitative estimate of drug-likeness (QED) is 0.833. The summed E-state index contributed by atoms with van der Waals surface area (Å²) in [5, 5.41) is 12.8. The van der Waals surface area contributed by atoms with E-state index >= 15 is 0 Å². The van der Waals surface area contributed by atoms with Crippen molar-refractivity contribution in [2.45, 2.75) is 25.8 Å². The molecule has 78 valence electrons. The molecule has 0 radical (unpaired) electrons. The first-order valence-corrected chi connectivity index (χ1v) is 6.07. The highest BCUT2D eigenvalue weighted by atomic mass is 32.1. The number of aromatic nitrogens is 2. The Morgan fingerprint density at radius 2 is 2.40 bits per heavy atom. The molecule has 3 nitrogen and oxygen atoms in total. The maximum absolute atomic E-state index is 4.26. The monoisotopic (exact) mass is 219 g/mol. The van der Waals surface area contributed by atoms with Gasteiger partial charge in [0, 0.05) is 12.1 Å². The summed E-state index contributed by atoms with van der Waals surface area (Å²) in [6.07, 6.45) is 2.56. The lowest BCUT2D eigenvalue weighted by Crippen LogP contribution is -2.00. The van der Waals surface area contributed by atoms with Crippen LogP contribution in [-0.2, 0) is 0 Å². The van der Waals surface area contributed by atoms with Crippen LogP contribution in [0, 0.1) is 6.92 Å². The van der Waals surface area contributed by atoms with Crippen LogP contribution in [0.2, 0.25) is 0 Å². The Balaban J connectivity index is 1.86. The third kappa shape index (κ3) is 1.77. The number of nitrogens with one attached hydrogen (secondary N) is 2. The van der Waals surface area contributed by atoms with Crippen LogP contribution < -0.4 is 5.32 Å². The normalized spacial score (nSPS) is 15.5. The van der Waals surface area contributed by atoms with Crippen molar-refractivity contribution >= 4 is 17.2 Å². The van der Waals surface area contributed by atoms with Gasteiger partial charge in [-0.15, -0.1) is 11.3 Å². The fourth-order valence-corrected chi connectivity index (χ4v) is 2.49. The number of thiophene rings is 1. The molecule has 2 N–H and O–H groups in total. The average Bonchev–Trinajstić information content (AvgIpc) is 2.74. The molecule has 2 aromatic rings. The van der Waals surface area contributed by atoms with Gasteiger partial charge in [-0.05, 0) is 36.8 Å². The van der Waals surface area contributed by atoms with Gasteiger partial charge < -0.3 is 5.32 Å². The van der Waals surface area contributed by atoms with E-state index in [1.807, 2.05) is 0 Å². The second-order valence-electron chi connectivity index (χ2n) is 4.02. The van der Waals surface area contributed by atoms with Gasteiger partial charge in [-0.2, -0.15) is 5.10 Å². The summed E-state index contributed by atoms with van der Waals surface area (Å²) in [5.41, 5.74) is 2.42.